The Morgan fingerprint density at radius 2 is 2.26 bits per heavy atom. The highest BCUT2D eigenvalue weighted by Crippen LogP contribution is 2.32. The zero-order valence-electron chi connectivity index (χ0n) is 10.6. The number of rotatable bonds is 3. The van der Waals surface area contributed by atoms with Gasteiger partial charge in [-0.25, -0.2) is 4.98 Å². The molecule has 1 heterocycles. The molecule has 0 saturated heterocycles. The number of nitrogens with two attached hydrogens (primary N) is 1. The van der Waals surface area contributed by atoms with Crippen LogP contribution in [0.3, 0.4) is 0 Å². The van der Waals surface area contributed by atoms with Crippen LogP contribution in [0.15, 0.2) is 30.6 Å². The monoisotopic (exact) mass is 272 g/mol. The molecule has 0 spiro atoms. The smallest absolute Gasteiger partial charge is 0.208 e. The van der Waals surface area contributed by atoms with Gasteiger partial charge in [-0.3, -0.25) is 4.68 Å². The number of hydrogen-bond donors (Lipinski definition) is 1. The number of aryl methyl sites for hydroxylation is 1. The van der Waals surface area contributed by atoms with Crippen LogP contribution in [0.1, 0.15) is 35.7 Å². The first-order chi connectivity index (χ1) is 9.24. The van der Waals surface area contributed by atoms with Gasteiger partial charge < -0.3 is 5.73 Å². The predicted octanol–water partition coefficient (Wildman–Crippen LogP) is 2.03. The average Bonchev–Trinajstić information content (AvgIpc) is 2.88. The van der Waals surface area contributed by atoms with E-state index < -0.39 is 0 Å². The second kappa shape index (κ2) is 5.09. The lowest BCUT2D eigenvalue weighted by Crippen LogP contribution is -2.17. The molecule has 5 heteroatoms. The van der Waals surface area contributed by atoms with Crippen LogP contribution < -0.4 is 5.73 Å². The maximum absolute atomic E-state index is 5.53. The highest BCUT2D eigenvalue weighted by molar-refractivity contribution is 7.80. The van der Waals surface area contributed by atoms with Gasteiger partial charge in [0.2, 0.25) is 5.82 Å². The number of thiocarbonyl (C=S) groups is 1. The molecule has 1 unspecified atom stereocenters. The van der Waals surface area contributed by atoms with Crippen LogP contribution in [0.2, 0.25) is 0 Å². The zero-order chi connectivity index (χ0) is 13.2. The van der Waals surface area contributed by atoms with E-state index in [9.17, 15) is 0 Å². The van der Waals surface area contributed by atoms with Gasteiger partial charge in [0.1, 0.15) is 11.3 Å². The molecule has 0 saturated carbocycles. The van der Waals surface area contributed by atoms with Crippen molar-refractivity contribution in [2.75, 3.05) is 0 Å². The molecule has 0 amide bonds. The summed E-state index contributed by atoms with van der Waals surface area (Å²) in [6.45, 7) is 0.840. The maximum Gasteiger partial charge on any atom is 0.208 e. The lowest BCUT2D eigenvalue weighted by atomic mass is 9.83. The van der Waals surface area contributed by atoms with Crippen LogP contribution in [0.4, 0.5) is 0 Å². The minimum absolute atomic E-state index is 0.253. The molecule has 1 aliphatic rings. The van der Waals surface area contributed by atoms with Gasteiger partial charge in [0, 0.05) is 12.5 Å². The van der Waals surface area contributed by atoms with Crippen LogP contribution in [-0.2, 0) is 13.0 Å². The van der Waals surface area contributed by atoms with Crippen molar-refractivity contribution in [3.63, 3.8) is 0 Å². The van der Waals surface area contributed by atoms with Crippen molar-refractivity contribution < 1.29 is 0 Å². The molecule has 0 fully saturated rings. The number of benzene rings is 1. The van der Waals surface area contributed by atoms with E-state index in [1.165, 1.54) is 30.4 Å². The Hall–Kier alpha value is -1.75. The van der Waals surface area contributed by atoms with E-state index in [1.54, 1.807) is 6.33 Å². The van der Waals surface area contributed by atoms with Crippen LogP contribution in [0.25, 0.3) is 0 Å². The molecule has 1 atom stereocenters. The van der Waals surface area contributed by atoms with E-state index in [1.807, 2.05) is 4.68 Å². The zero-order valence-corrected chi connectivity index (χ0v) is 11.4. The molecule has 1 aromatic carbocycles. The minimum Gasteiger partial charge on any atom is -0.387 e. The van der Waals surface area contributed by atoms with Crippen LogP contribution in [-0.4, -0.2) is 19.8 Å². The molecule has 2 N–H and O–H groups in total. The first kappa shape index (κ1) is 12.3. The molecule has 2 aromatic rings. The van der Waals surface area contributed by atoms with Crippen molar-refractivity contribution in [3.05, 3.63) is 47.5 Å². The third-order valence-corrected chi connectivity index (χ3v) is 3.84. The molecule has 19 heavy (non-hydrogen) atoms. The quantitative estimate of drug-likeness (QED) is 0.869. The van der Waals surface area contributed by atoms with Gasteiger partial charge in [0.05, 0.1) is 0 Å². The molecular formula is C14H16N4S. The third-order valence-electron chi connectivity index (χ3n) is 3.66. The van der Waals surface area contributed by atoms with E-state index in [-0.39, 0.29) is 4.99 Å². The van der Waals surface area contributed by atoms with Gasteiger partial charge in [-0.05, 0) is 30.4 Å². The summed E-state index contributed by atoms with van der Waals surface area (Å²) >= 11 is 4.88. The van der Waals surface area contributed by atoms with Crippen molar-refractivity contribution >= 4 is 17.2 Å². The van der Waals surface area contributed by atoms with Gasteiger partial charge in [0.25, 0.3) is 0 Å². The topological polar surface area (TPSA) is 56.7 Å². The van der Waals surface area contributed by atoms with Crippen molar-refractivity contribution in [1.29, 1.82) is 0 Å². The Bertz CT molecular complexity index is 605. The Morgan fingerprint density at radius 3 is 3.05 bits per heavy atom. The largest absolute Gasteiger partial charge is 0.387 e. The van der Waals surface area contributed by atoms with Crippen LogP contribution in [0.5, 0.6) is 0 Å². The number of hydrogen-bond acceptors (Lipinski definition) is 3. The Morgan fingerprint density at radius 1 is 1.42 bits per heavy atom. The fourth-order valence-electron chi connectivity index (χ4n) is 2.77. The van der Waals surface area contributed by atoms with Crippen LogP contribution in [0, 0.1) is 0 Å². The van der Waals surface area contributed by atoms with Crippen molar-refractivity contribution in [3.8, 4) is 0 Å². The molecule has 3 rings (SSSR count). The average molecular weight is 272 g/mol. The van der Waals surface area contributed by atoms with Gasteiger partial charge in [-0.15, -0.1) is 5.10 Å². The molecule has 1 aliphatic carbocycles. The summed E-state index contributed by atoms with van der Waals surface area (Å²) in [5.41, 5.74) is 8.44. The number of nitrogens with zero attached hydrogens (tertiary/aromatic N) is 3. The molecule has 98 valence electrons. The van der Waals surface area contributed by atoms with Gasteiger partial charge >= 0.3 is 0 Å². The van der Waals surface area contributed by atoms with E-state index in [4.69, 9.17) is 18.0 Å². The summed E-state index contributed by atoms with van der Waals surface area (Å²) in [6, 6.07) is 8.68. The summed E-state index contributed by atoms with van der Waals surface area (Å²) in [6.07, 6.45) is 5.33. The van der Waals surface area contributed by atoms with Crippen LogP contribution >= 0.6 is 12.2 Å². The Balaban J connectivity index is 1.82. The van der Waals surface area contributed by atoms with Gasteiger partial charge in [-0.2, -0.15) is 0 Å². The highest BCUT2D eigenvalue weighted by Gasteiger charge is 2.20. The predicted molar refractivity (Wildman–Crippen MR) is 78.0 cm³/mol. The lowest BCUT2D eigenvalue weighted by molar-refractivity contribution is 0.456. The summed E-state index contributed by atoms with van der Waals surface area (Å²) < 4.78 is 1.85. The minimum atomic E-state index is 0.253. The fourth-order valence-corrected chi connectivity index (χ4v) is 2.86. The maximum atomic E-state index is 5.53. The van der Waals surface area contributed by atoms with E-state index in [2.05, 4.69) is 34.3 Å². The van der Waals surface area contributed by atoms with Crippen molar-refractivity contribution in [2.24, 2.45) is 5.73 Å². The molecule has 0 aliphatic heterocycles. The second-order valence-corrected chi connectivity index (χ2v) is 5.38. The SMILES string of the molecule is NC(=S)c1ncn(CC2CCCc3ccccc32)n1. The van der Waals surface area contributed by atoms with E-state index >= 15 is 0 Å². The Kier molecular flexibility index (Phi) is 3.29. The van der Waals surface area contributed by atoms with E-state index in [0.29, 0.717) is 11.7 Å². The molecule has 1 aromatic heterocycles. The lowest BCUT2D eigenvalue weighted by Gasteiger charge is -2.25. The van der Waals surface area contributed by atoms with Crippen molar-refractivity contribution in [2.45, 2.75) is 31.7 Å². The fraction of sp³-hybridized carbons (Fsp3) is 0.357. The first-order valence-corrected chi connectivity index (χ1v) is 6.92. The third kappa shape index (κ3) is 2.51. The van der Waals surface area contributed by atoms with Gasteiger partial charge in [0.15, 0.2) is 0 Å². The molecular weight excluding hydrogens is 256 g/mol. The second-order valence-electron chi connectivity index (χ2n) is 4.94. The molecule has 0 bridgehead atoms. The standard InChI is InChI=1S/C14H16N4S/c15-13(19)14-16-9-18(17-14)8-11-6-3-5-10-4-1-2-7-12(10)11/h1-2,4,7,9,11H,3,5-6,8H2,(H2,15,19). The first-order valence-electron chi connectivity index (χ1n) is 6.51. The van der Waals surface area contributed by atoms with Crippen molar-refractivity contribution in [1.82, 2.24) is 14.8 Å². The summed E-state index contributed by atoms with van der Waals surface area (Å²) in [4.78, 5) is 4.38. The summed E-state index contributed by atoms with van der Waals surface area (Å²) in [7, 11) is 0. The Labute approximate surface area is 117 Å². The normalized spacial score (nSPS) is 18.0. The number of fused-ring (bicyclic) bond motifs is 1. The highest BCUT2D eigenvalue weighted by atomic mass is 32.1. The van der Waals surface area contributed by atoms with E-state index in [0.717, 1.165) is 6.54 Å². The molecule has 0 radical (unpaired) electrons. The summed E-state index contributed by atoms with van der Waals surface area (Å²) in [5, 5.41) is 4.32. The van der Waals surface area contributed by atoms with Gasteiger partial charge in [-0.1, -0.05) is 36.5 Å². The summed E-state index contributed by atoms with van der Waals surface area (Å²) in [5.74, 6) is 0.963. The number of aromatic nitrogens is 3. The molecule has 4 nitrogen and oxygen atoms in total.